The molecule has 0 spiro atoms. The molecule has 0 aliphatic rings. The first-order valence-electron chi connectivity index (χ1n) is 4.20. The van der Waals surface area contributed by atoms with E-state index in [1.165, 1.54) is 0 Å². The van der Waals surface area contributed by atoms with Crippen LogP contribution >= 0.6 is 0 Å². The average molecular weight is 164 g/mol. The van der Waals surface area contributed by atoms with Crippen LogP contribution in [0, 0.1) is 0 Å². The van der Waals surface area contributed by atoms with Gasteiger partial charge in [0, 0.05) is 12.8 Å². The van der Waals surface area contributed by atoms with Crippen molar-refractivity contribution in [1.82, 2.24) is 0 Å². The first-order valence-corrected chi connectivity index (χ1v) is 4.20. The number of allylic oxidation sites excluding steroid dienone is 5. The molecular weight excluding hydrogens is 148 g/mol. The van der Waals surface area contributed by atoms with Gasteiger partial charge in [0.15, 0.2) is 0 Å². The van der Waals surface area contributed by atoms with Gasteiger partial charge in [0.2, 0.25) is 0 Å². The molecule has 66 valence electrons. The molecule has 0 unspecified atom stereocenters. The van der Waals surface area contributed by atoms with Crippen LogP contribution < -0.4 is 0 Å². The molecule has 0 rings (SSSR count). The normalized spacial score (nSPS) is 12.0. The van der Waals surface area contributed by atoms with Crippen molar-refractivity contribution in [2.24, 2.45) is 0 Å². The van der Waals surface area contributed by atoms with Crippen molar-refractivity contribution in [2.45, 2.75) is 26.7 Å². The van der Waals surface area contributed by atoms with Crippen molar-refractivity contribution in [1.29, 1.82) is 0 Å². The minimum Gasteiger partial charge on any atom is -0.299 e. The molecule has 0 radical (unpaired) electrons. The molecule has 0 saturated carbocycles. The standard InChI is InChI=1S/C11H16O/c1-4-7-8-10(5-2)9-11(12)6-3/h4-5,7-8H,2,6,9H2,1,3H3/b7-4-,10-8+. The summed E-state index contributed by atoms with van der Waals surface area (Å²) < 4.78 is 0. The lowest BCUT2D eigenvalue weighted by atomic mass is 10.1. The lowest BCUT2D eigenvalue weighted by Crippen LogP contribution is -1.95. The molecule has 12 heavy (non-hydrogen) atoms. The molecule has 1 heteroatoms. The summed E-state index contributed by atoms with van der Waals surface area (Å²) in [7, 11) is 0. The van der Waals surface area contributed by atoms with Crippen LogP contribution in [-0.2, 0) is 4.79 Å². The number of hydrogen-bond acceptors (Lipinski definition) is 1. The molecule has 0 aliphatic carbocycles. The van der Waals surface area contributed by atoms with E-state index in [4.69, 9.17) is 0 Å². The lowest BCUT2D eigenvalue weighted by Gasteiger charge is -1.96. The molecule has 1 nitrogen and oxygen atoms in total. The highest BCUT2D eigenvalue weighted by Crippen LogP contribution is 2.05. The van der Waals surface area contributed by atoms with Gasteiger partial charge in [-0.1, -0.05) is 37.8 Å². The van der Waals surface area contributed by atoms with Gasteiger partial charge >= 0.3 is 0 Å². The van der Waals surface area contributed by atoms with Crippen LogP contribution in [0.5, 0.6) is 0 Å². The summed E-state index contributed by atoms with van der Waals surface area (Å²) in [6, 6.07) is 0. The van der Waals surface area contributed by atoms with E-state index in [9.17, 15) is 4.79 Å². The van der Waals surface area contributed by atoms with E-state index in [-0.39, 0.29) is 5.78 Å². The third kappa shape index (κ3) is 4.67. The zero-order valence-electron chi connectivity index (χ0n) is 7.84. The Balaban J connectivity index is 4.17. The molecule has 0 amide bonds. The predicted octanol–water partition coefficient (Wildman–Crippen LogP) is 3.04. The highest BCUT2D eigenvalue weighted by Gasteiger charge is 1.98. The first-order chi connectivity index (χ1) is 5.74. The monoisotopic (exact) mass is 164 g/mol. The minimum absolute atomic E-state index is 0.255. The van der Waals surface area contributed by atoms with Crippen molar-refractivity contribution < 1.29 is 4.79 Å². The van der Waals surface area contributed by atoms with Crippen LogP contribution in [0.4, 0.5) is 0 Å². The Labute approximate surface area is 74.5 Å². The average Bonchev–Trinajstić information content (AvgIpc) is 2.11. The van der Waals surface area contributed by atoms with Gasteiger partial charge in [-0.25, -0.2) is 0 Å². The second-order valence-corrected chi connectivity index (χ2v) is 2.54. The Bertz CT molecular complexity index is 209. The Hall–Kier alpha value is -1.11. The van der Waals surface area contributed by atoms with E-state index >= 15 is 0 Å². The summed E-state index contributed by atoms with van der Waals surface area (Å²) in [5.74, 6) is 0.255. The molecule has 0 aromatic heterocycles. The summed E-state index contributed by atoms with van der Waals surface area (Å²) >= 11 is 0. The van der Waals surface area contributed by atoms with Crippen molar-refractivity contribution in [2.75, 3.05) is 0 Å². The Morgan fingerprint density at radius 3 is 2.58 bits per heavy atom. The van der Waals surface area contributed by atoms with Crippen LogP contribution in [0.3, 0.4) is 0 Å². The predicted molar refractivity (Wildman–Crippen MR) is 53.0 cm³/mol. The summed E-state index contributed by atoms with van der Waals surface area (Å²) in [4.78, 5) is 11.0. The van der Waals surface area contributed by atoms with E-state index in [1.807, 2.05) is 32.1 Å². The Morgan fingerprint density at radius 1 is 1.50 bits per heavy atom. The highest BCUT2D eigenvalue weighted by molar-refractivity contribution is 5.81. The summed E-state index contributed by atoms with van der Waals surface area (Å²) in [5.41, 5.74) is 0.986. The van der Waals surface area contributed by atoms with Gasteiger partial charge in [0.1, 0.15) is 5.78 Å². The maximum atomic E-state index is 11.0. The van der Waals surface area contributed by atoms with Crippen LogP contribution in [0.15, 0.2) is 36.5 Å². The SMILES string of the molecule is C=C/C(=C\C=C/C)CC(=O)CC. The van der Waals surface area contributed by atoms with Crippen molar-refractivity contribution >= 4 is 5.78 Å². The van der Waals surface area contributed by atoms with Crippen LogP contribution in [-0.4, -0.2) is 5.78 Å². The molecule has 0 N–H and O–H groups in total. The molecular formula is C11H16O. The zero-order valence-corrected chi connectivity index (χ0v) is 7.84. The number of carbonyl (C=O) groups is 1. The summed E-state index contributed by atoms with van der Waals surface area (Å²) in [5, 5.41) is 0. The van der Waals surface area contributed by atoms with Gasteiger partial charge in [0.25, 0.3) is 0 Å². The van der Waals surface area contributed by atoms with Gasteiger partial charge in [0.05, 0.1) is 0 Å². The molecule has 0 bridgehead atoms. The van der Waals surface area contributed by atoms with E-state index in [0.29, 0.717) is 12.8 Å². The van der Waals surface area contributed by atoms with Crippen LogP contribution in [0.2, 0.25) is 0 Å². The maximum absolute atomic E-state index is 11.0. The van der Waals surface area contributed by atoms with Crippen LogP contribution in [0.1, 0.15) is 26.7 Å². The minimum atomic E-state index is 0.255. The second-order valence-electron chi connectivity index (χ2n) is 2.54. The summed E-state index contributed by atoms with van der Waals surface area (Å²) in [6.45, 7) is 7.46. The molecule has 0 aliphatic heterocycles. The van der Waals surface area contributed by atoms with E-state index in [0.717, 1.165) is 5.57 Å². The summed E-state index contributed by atoms with van der Waals surface area (Å²) in [6.07, 6.45) is 8.60. The van der Waals surface area contributed by atoms with Gasteiger partial charge in [-0.15, -0.1) is 0 Å². The number of hydrogen-bond donors (Lipinski definition) is 0. The van der Waals surface area contributed by atoms with Crippen LogP contribution in [0.25, 0.3) is 0 Å². The van der Waals surface area contributed by atoms with Gasteiger partial charge in [-0.05, 0) is 12.5 Å². The van der Waals surface area contributed by atoms with E-state index in [1.54, 1.807) is 6.08 Å². The van der Waals surface area contributed by atoms with Crippen molar-refractivity contribution in [3.63, 3.8) is 0 Å². The fourth-order valence-electron chi connectivity index (χ4n) is 0.772. The largest absolute Gasteiger partial charge is 0.299 e. The number of rotatable bonds is 5. The van der Waals surface area contributed by atoms with E-state index in [2.05, 4.69) is 6.58 Å². The fourth-order valence-corrected chi connectivity index (χ4v) is 0.772. The molecule has 0 atom stereocenters. The fraction of sp³-hybridized carbons (Fsp3) is 0.364. The first kappa shape index (κ1) is 10.9. The van der Waals surface area contributed by atoms with Gasteiger partial charge in [-0.3, -0.25) is 4.79 Å². The van der Waals surface area contributed by atoms with E-state index < -0.39 is 0 Å². The van der Waals surface area contributed by atoms with Crippen molar-refractivity contribution in [3.05, 3.63) is 36.5 Å². The third-order valence-electron chi connectivity index (χ3n) is 1.56. The quantitative estimate of drug-likeness (QED) is 0.571. The molecule has 0 fully saturated rings. The number of Topliss-reactive ketones (excluding diaryl/α,β-unsaturated/α-hetero) is 1. The second kappa shape index (κ2) is 6.59. The third-order valence-corrected chi connectivity index (χ3v) is 1.56. The molecule has 0 saturated heterocycles. The number of carbonyl (C=O) groups excluding carboxylic acids is 1. The highest BCUT2D eigenvalue weighted by atomic mass is 16.1. The van der Waals surface area contributed by atoms with Gasteiger partial charge in [-0.2, -0.15) is 0 Å². The molecule has 0 heterocycles. The maximum Gasteiger partial charge on any atom is 0.136 e. The Kier molecular flexibility index (Phi) is 5.98. The lowest BCUT2D eigenvalue weighted by molar-refractivity contribution is -0.118. The molecule has 0 aromatic rings. The van der Waals surface area contributed by atoms with Crippen molar-refractivity contribution in [3.8, 4) is 0 Å². The number of ketones is 1. The Morgan fingerprint density at radius 2 is 2.17 bits per heavy atom. The zero-order chi connectivity index (χ0) is 9.40. The smallest absolute Gasteiger partial charge is 0.136 e. The molecule has 0 aromatic carbocycles. The topological polar surface area (TPSA) is 17.1 Å². The van der Waals surface area contributed by atoms with Gasteiger partial charge < -0.3 is 0 Å².